The molecule has 2 saturated heterocycles. The van der Waals surface area contributed by atoms with E-state index >= 15 is 0 Å². The van der Waals surface area contributed by atoms with Crippen LogP contribution in [0, 0.1) is 12.8 Å². The number of nitrogens with zero attached hydrogens (tertiary/aromatic N) is 2. The highest BCUT2D eigenvalue weighted by atomic mass is 16.2. The van der Waals surface area contributed by atoms with Gasteiger partial charge in [0.15, 0.2) is 0 Å². The number of hydrogen-bond acceptors (Lipinski definition) is 2. The molecule has 2 amide bonds. The van der Waals surface area contributed by atoms with Crippen molar-refractivity contribution in [3.05, 3.63) is 35.4 Å². The molecule has 3 rings (SSSR count). The van der Waals surface area contributed by atoms with E-state index in [1.165, 1.54) is 11.1 Å². The lowest BCUT2D eigenvalue weighted by Crippen LogP contribution is -2.48. The van der Waals surface area contributed by atoms with Gasteiger partial charge in [0.1, 0.15) is 0 Å². The molecule has 2 fully saturated rings. The van der Waals surface area contributed by atoms with Gasteiger partial charge in [0.2, 0.25) is 11.8 Å². The van der Waals surface area contributed by atoms with Crippen molar-refractivity contribution in [2.45, 2.75) is 58.4 Å². The first-order valence-electron chi connectivity index (χ1n) is 9.72. The fourth-order valence-electron chi connectivity index (χ4n) is 4.20. The van der Waals surface area contributed by atoms with Gasteiger partial charge >= 0.3 is 0 Å². The number of benzene rings is 1. The molecule has 2 aliphatic heterocycles. The molecule has 1 aromatic rings. The minimum atomic E-state index is -0.0112. The third-order valence-corrected chi connectivity index (χ3v) is 5.68. The van der Waals surface area contributed by atoms with Crippen molar-refractivity contribution in [1.29, 1.82) is 0 Å². The van der Waals surface area contributed by atoms with Gasteiger partial charge in [0, 0.05) is 32.1 Å². The summed E-state index contributed by atoms with van der Waals surface area (Å²) in [7, 11) is 0. The van der Waals surface area contributed by atoms with Crippen LogP contribution in [-0.4, -0.2) is 47.3 Å². The van der Waals surface area contributed by atoms with Gasteiger partial charge < -0.3 is 9.80 Å². The monoisotopic (exact) mass is 342 g/mol. The van der Waals surface area contributed by atoms with Gasteiger partial charge in [-0.25, -0.2) is 0 Å². The zero-order chi connectivity index (χ0) is 17.8. The predicted octanol–water partition coefficient (Wildman–Crippen LogP) is 3.18. The van der Waals surface area contributed by atoms with Crippen molar-refractivity contribution < 1.29 is 9.59 Å². The predicted molar refractivity (Wildman–Crippen MR) is 99.2 cm³/mol. The van der Waals surface area contributed by atoms with Crippen LogP contribution in [0.5, 0.6) is 0 Å². The molecule has 0 bridgehead atoms. The molecule has 2 atom stereocenters. The van der Waals surface area contributed by atoms with Crippen LogP contribution in [0.15, 0.2) is 24.3 Å². The Balaban J connectivity index is 1.64. The first kappa shape index (κ1) is 18.0. The molecule has 0 unspecified atom stereocenters. The van der Waals surface area contributed by atoms with Crippen LogP contribution in [0.1, 0.15) is 50.2 Å². The molecular weight excluding hydrogens is 312 g/mol. The Morgan fingerprint density at radius 2 is 1.80 bits per heavy atom. The zero-order valence-electron chi connectivity index (χ0n) is 15.5. The lowest BCUT2D eigenvalue weighted by Gasteiger charge is -2.35. The molecule has 25 heavy (non-hydrogen) atoms. The van der Waals surface area contributed by atoms with E-state index in [1.54, 1.807) is 0 Å². The first-order valence-corrected chi connectivity index (χ1v) is 9.72. The van der Waals surface area contributed by atoms with Gasteiger partial charge in [-0.05, 0) is 44.6 Å². The average Bonchev–Trinajstić information content (AvgIpc) is 3.10. The highest BCUT2D eigenvalue weighted by Crippen LogP contribution is 2.27. The summed E-state index contributed by atoms with van der Waals surface area (Å²) in [4.78, 5) is 29.1. The number of rotatable bonds is 4. The van der Waals surface area contributed by atoms with Gasteiger partial charge in [-0.2, -0.15) is 0 Å². The molecule has 0 aliphatic carbocycles. The molecule has 136 valence electrons. The average molecular weight is 342 g/mol. The third kappa shape index (κ3) is 4.23. The molecule has 1 aromatic carbocycles. The Hall–Kier alpha value is -1.84. The second kappa shape index (κ2) is 8.03. The fraction of sp³-hybridized carbons (Fsp3) is 0.619. The number of amides is 2. The molecule has 0 aromatic heterocycles. The van der Waals surface area contributed by atoms with E-state index in [1.807, 2.05) is 11.8 Å². The second-order valence-corrected chi connectivity index (χ2v) is 7.55. The van der Waals surface area contributed by atoms with Crippen LogP contribution in [0.2, 0.25) is 0 Å². The second-order valence-electron chi connectivity index (χ2n) is 7.55. The Labute approximate surface area is 151 Å². The molecule has 2 heterocycles. The van der Waals surface area contributed by atoms with Gasteiger partial charge in [0.25, 0.3) is 0 Å². The summed E-state index contributed by atoms with van der Waals surface area (Å²) in [6.45, 7) is 6.28. The van der Waals surface area contributed by atoms with Gasteiger partial charge in [0.05, 0.1) is 5.92 Å². The van der Waals surface area contributed by atoms with Crippen molar-refractivity contribution >= 4 is 11.8 Å². The minimum absolute atomic E-state index is 0.0112. The summed E-state index contributed by atoms with van der Waals surface area (Å²) in [5.74, 6) is 0.432. The van der Waals surface area contributed by atoms with E-state index in [9.17, 15) is 9.59 Å². The Morgan fingerprint density at radius 3 is 2.52 bits per heavy atom. The molecule has 0 saturated carbocycles. The van der Waals surface area contributed by atoms with E-state index in [4.69, 9.17) is 0 Å². The first-order chi connectivity index (χ1) is 12.1. The number of likely N-dealkylation sites (tertiary alicyclic amines) is 2. The third-order valence-electron chi connectivity index (χ3n) is 5.68. The minimum Gasteiger partial charge on any atom is -0.342 e. The largest absolute Gasteiger partial charge is 0.342 e. The Morgan fingerprint density at radius 1 is 1.08 bits per heavy atom. The van der Waals surface area contributed by atoms with Crippen molar-refractivity contribution in [2.24, 2.45) is 5.92 Å². The van der Waals surface area contributed by atoms with Crippen molar-refractivity contribution in [2.75, 3.05) is 19.6 Å². The smallest absolute Gasteiger partial charge is 0.227 e. The van der Waals surface area contributed by atoms with Crippen LogP contribution in [0.4, 0.5) is 0 Å². The molecular formula is C21H30N2O2. The number of carbonyl (C=O) groups excluding carboxylic acids is 2. The van der Waals surface area contributed by atoms with Crippen LogP contribution in [-0.2, 0) is 16.0 Å². The Kier molecular flexibility index (Phi) is 5.77. The van der Waals surface area contributed by atoms with E-state index in [0.29, 0.717) is 19.0 Å². The Bertz CT molecular complexity index is 611. The van der Waals surface area contributed by atoms with E-state index < -0.39 is 0 Å². The van der Waals surface area contributed by atoms with Gasteiger partial charge in [-0.1, -0.05) is 36.8 Å². The number of piperidine rings is 1. The van der Waals surface area contributed by atoms with Crippen molar-refractivity contribution in [3.8, 4) is 0 Å². The summed E-state index contributed by atoms with van der Waals surface area (Å²) in [6, 6.07) is 8.96. The molecule has 4 nitrogen and oxygen atoms in total. The van der Waals surface area contributed by atoms with Crippen molar-refractivity contribution in [3.63, 3.8) is 0 Å². The standard InChI is InChI=1S/C21H30N2O2/c1-3-20(24)22-12-4-6-18(15-22)21(25)23-13-5-7-19(23)14-17-10-8-16(2)9-11-17/h8-11,18-19H,3-7,12-15H2,1-2H3/t18-,19-/m1/s1. The number of aryl methyl sites for hydroxylation is 1. The normalized spacial score (nSPS) is 23.8. The van der Waals surface area contributed by atoms with E-state index in [-0.39, 0.29) is 17.7 Å². The summed E-state index contributed by atoms with van der Waals surface area (Å²) >= 11 is 0. The van der Waals surface area contributed by atoms with E-state index in [0.717, 1.165) is 45.2 Å². The molecule has 4 heteroatoms. The number of carbonyl (C=O) groups is 2. The highest BCUT2D eigenvalue weighted by molar-refractivity contribution is 5.81. The van der Waals surface area contributed by atoms with Gasteiger partial charge in [-0.3, -0.25) is 9.59 Å². The highest BCUT2D eigenvalue weighted by Gasteiger charge is 2.35. The van der Waals surface area contributed by atoms with Crippen LogP contribution >= 0.6 is 0 Å². The molecule has 2 aliphatic rings. The van der Waals surface area contributed by atoms with Crippen LogP contribution in [0.25, 0.3) is 0 Å². The SMILES string of the molecule is CCC(=O)N1CCC[C@@H](C(=O)N2CCC[C@@H]2Cc2ccc(C)cc2)C1. The maximum Gasteiger partial charge on any atom is 0.227 e. The lowest BCUT2D eigenvalue weighted by molar-refractivity contribution is -0.141. The summed E-state index contributed by atoms with van der Waals surface area (Å²) in [5.41, 5.74) is 2.58. The zero-order valence-corrected chi connectivity index (χ0v) is 15.5. The summed E-state index contributed by atoms with van der Waals surface area (Å²) in [5, 5.41) is 0. The topological polar surface area (TPSA) is 40.6 Å². The maximum absolute atomic E-state index is 13.1. The van der Waals surface area contributed by atoms with Crippen LogP contribution in [0.3, 0.4) is 0 Å². The maximum atomic E-state index is 13.1. The fourth-order valence-corrected chi connectivity index (χ4v) is 4.20. The summed E-state index contributed by atoms with van der Waals surface area (Å²) in [6.07, 6.45) is 5.51. The quantitative estimate of drug-likeness (QED) is 0.843. The molecule has 0 radical (unpaired) electrons. The lowest BCUT2D eigenvalue weighted by atomic mass is 9.95. The van der Waals surface area contributed by atoms with Crippen molar-refractivity contribution in [1.82, 2.24) is 9.80 Å². The van der Waals surface area contributed by atoms with Crippen LogP contribution < -0.4 is 0 Å². The summed E-state index contributed by atoms with van der Waals surface area (Å²) < 4.78 is 0. The molecule has 0 N–H and O–H groups in total. The number of hydrogen-bond donors (Lipinski definition) is 0. The molecule has 0 spiro atoms. The van der Waals surface area contributed by atoms with Gasteiger partial charge in [-0.15, -0.1) is 0 Å². The van der Waals surface area contributed by atoms with E-state index in [2.05, 4.69) is 36.1 Å².